The predicted molar refractivity (Wildman–Crippen MR) is 61.0 cm³/mol. The van der Waals surface area contributed by atoms with E-state index in [1.54, 1.807) is 6.20 Å². The van der Waals surface area contributed by atoms with Gasteiger partial charge in [-0.1, -0.05) is 19.3 Å². The van der Waals surface area contributed by atoms with Gasteiger partial charge in [0.1, 0.15) is 5.82 Å². The van der Waals surface area contributed by atoms with Gasteiger partial charge in [-0.2, -0.15) is 0 Å². The van der Waals surface area contributed by atoms with Gasteiger partial charge >= 0.3 is 0 Å². The minimum Gasteiger partial charge on any atom is -0.396 e. The van der Waals surface area contributed by atoms with Crippen LogP contribution in [0.3, 0.4) is 0 Å². The second kappa shape index (κ2) is 3.73. The molecule has 84 valence electrons. The van der Waals surface area contributed by atoms with E-state index in [9.17, 15) is 0 Å². The number of rotatable bonds is 1. The standard InChI is InChI=1S/C11H15N5/c12-9-6-13-11-15-14-10(16(11)7-9)8-4-2-1-3-5-8/h6-8H,1-5,12H2. The molecule has 0 aromatic carbocycles. The van der Waals surface area contributed by atoms with Crippen molar-refractivity contribution in [3.63, 3.8) is 0 Å². The first-order valence-electron chi connectivity index (χ1n) is 5.81. The van der Waals surface area contributed by atoms with Gasteiger partial charge in [-0.05, 0) is 12.8 Å². The monoisotopic (exact) mass is 217 g/mol. The van der Waals surface area contributed by atoms with Crippen LogP contribution in [0.25, 0.3) is 5.78 Å². The number of fused-ring (bicyclic) bond motifs is 1. The topological polar surface area (TPSA) is 69.1 Å². The van der Waals surface area contributed by atoms with Crippen LogP contribution in [-0.2, 0) is 0 Å². The Hall–Kier alpha value is -1.65. The average Bonchev–Trinajstić information content (AvgIpc) is 2.73. The summed E-state index contributed by atoms with van der Waals surface area (Å²) >= 11 is 0. The molecule has 3 rings (SSSR count). The number of aromatic nitrogens is 4. The molecule has 1 fully saturated rings. The van der Waals surface area contributed by atoms with Crippen molar-refractivity contribution in [1.29, 1.82) is 0 Å². The Bertz CT molecular complexity index is 498. The zero-order chi connectivity index (χ0) is 11.0. The number of nitrogen functional groups attached to an aromatic ring is 1. The molecule has 0 amide bonds. The molecule has 2 aromatic heterocycles. The lowest BCUT2D eigenvalue weighted by atomic mass is 9.89. The lowest BCUT2D eigenvalue weighted by Crippen LogP contribution is -2.09. The maximum absolute atomic E-state index is 5.74. The van der Waals surface area contributed by atoms with Crippen molar-refractivity contribution in [1.82, 2.24) is 19.6 Å². The molecule has 1 saturated carbocycles. The highest BCUT2D eigenvalue weighted by molar-refractivity contribution is 5.39. The molecule has 0 bridgehead atoms. The summed E-state index contributed by atoms with van der Waals surface area (Å²) in [4.78, 5) is 4.16. The average molecular weight is 217 g/mol. The Kier molecular flexibility index (Phi) is 2.23. The van der Waals surface area contributed by atoms with Crippen molar-refractivity contribution < 1.29 is 0 Å². The molecular formula is C11H15N5. The van der Waals surface area contributed by atoms with Crippen molar-refractivity contribution in [2.45, 2.75) is 38.0 Å². The summed E-state index contributed by atoms with van der Waals surface area (Å²) in [5.41, 5.74) is 6.40. The molecule has 2 aromatic rings. The zero-order valence-electron chi connectivity index (χ0n) is 9.13. The predicted octanol–water partition coefficient (Wildman–Crippen LogP) is 1.75. The summed E-state index contributed by atoms with van der Waals surface area (Å²) in [5, 5.41) is 8.34. The van der Waals surface area contributed by atoms with E-state index in [1.807, 2.05) is 10.6 Å². The van der Waals surface area contributed by atoms with Crippen LogP contribution in [0.4, 0.5) is 5.69 Å². The summed E-state index contributed by atoms with van der Waals surface area (Å²) in [5.74, 6) is 2.19. The van der Waals surface area contributed by atoms with Crippen molar-refractivity contribution >= 4 is 11.5 Å². The Labute approximate surface area is 93.7 Å². The van der Waals surface area contributed by atoms with Crippen LogP contribution in [-0.4, -0.2) is 19.6 Å². The van der Waals surface area contributed by atoms with E-state index in [4.69, 9.17) is 5.73 Å². The minimum atomic E-state index is 0.521. The van der Waals surface area contributed by atoms with Gasteiger partial charge < -0.3 is 5.73 Å². The molecule has 2 heterocycles. The third-order valence-corrected chi connectivity index (χ3v) is 3.28. The Morgan fingerprint density at radius 2 is 2.00 bits per heavy atom. The van der Waals surface area contributed by atoms with E-state index >= 15 is 0 Å². The first-order chi connectivity index (χ1) is 7.84. The third-order valence-electron chi connectivity index (χ3n) is 3.28. The van der Waals surface area contributed by atoms with Gasteiger partial charge in [0.2, 0.25) is 0 Å². The molecule has 0 spiro atoms. The SMILES string of the molecule is Nc1cnc2nnc(C3CCCCC3)n2c1. The van der Waals surface area contributed by atoms with E-state index in [1.165, 1.54) is 32.1 Å². The van der Waals surface area contributed by atoms with Gasteiger partial charge in [0.05, 0.1) is 11.9 Å². The third kappa shape index (κ3) is 1.52. The highest BCUT2D eigenvalue weighted by atomic mass is 15.3. The Morgan fingerprint density at radius 3 is 2.81 bits per heavy atom. The summed E-state index contributed by atoms with van der Waals surface area (Å²) in [7, 11) is 0. The molecule has 0 aliphatic heterocycles. The van der Waals surface area contributed by atoms with E-state index in [-0.39, 0.29) is 0 Å². The second-order valence-corrected chi connectivity index (χ2v) is 4.45. The number of hydrogen-bond acceptors (Lipinski definition) is 4. The second-order valence-electron chi connectivity index (χ2n) is 4.45. The van der Waals surface area contributed by atoms with Gasteiger partial charge in [0.15, 0.2) is 0 Å². The van der Waals surface area contributed by atoms with Crippen molar-refractivity contribution in [3.8, 4) is 0 Å². The maximum Gasteiger partial charge on any atom is 0.255 e. The highest BCUT2D eigenvalue weighted by Gasteiger charge is 2.20. The van der Waals surface area contributed by atoms with Crippen LogP contribution in [0, 0.1) is 0 Å². The molecule has 0 unspecified atom stereocenters. The normalized spacial score (nSPS) is 18.0. The Morgan fingerprint density at radius 1 is 1.19 bits per heavy atom. The lowest BCUT2D eigenvalue weighted by Gasteiger charge is -2.19. The van der Waals surface area contributed by atoms with Crippen molar-refractivity contribution in [3.05, 3.63) is 18.2 Å². The van der Waals surface area contributed by atoms with Gasteiger partial charge in [-0.3, -0.25) is 4.40 Å². The van der Waals surface area contributed by atoms with E-state index in [2.05, 4.69) is 15.2 Å². The summed E-state index contributed by atoms with van der Waals surface area (Å²) in [6.07, 6.45) is 9.81. The molecule has 0 saturated heterocycles. The maximum atomic E-state index is 5.74. The molecular weight excluding hydrogens is 202 g/mol. The first-order valence-corrected chi connectivity index (χ1v) is 5.81. The molecule has 5 nitrogen and oxygen atoms in total. The molecule has 5 heteroatoms. The van der Waals surface area contributed by atoms with Gasteiger partial charge in [0.25, 0.3) is 5.78 Å². The zero-order valence-corrected chi connectivity index (χ0v) is 9.13. The summed E-state index contributed by atoms with van der Waals surface area (Å²) < 4.78 is 1.94. The smallest absolute Gasteiger partial charge is 0.255 e. The number of nitrogens with zero attached hydrogens (tertiary/aromatic N) is 4. The van der Waals surface area contributed by atoms with E-state index < -0.39 is 0 Å². The van der Waals surface area contributed by atoms with Gasteiger partial charge in [-0.15, -0.1) is 10.2 Å². The van der Waals surface area contributed by atoms with Crippen LogP contribution in [0.15, 0.2) is 12.4 Å². The van der Waals surface area contributed by atoms with Crippen LogP contribution in [0.1, 0.15) is 43.8 Å². The molecule has 1 aliphatic rings. The van der Waals surface area contributed by atoms with Crippen molar-refractivity contribution in [2.75, 3.05) is 5.73 Å². The minimum absolute atomic E-state index is 0.521. The highest BCUT2D eigenvalue weighted by Crippen LogP contribution is 2.31. The largest absolute Gasteiger partial charge is 0.396 e. The number of anilines is 1. The molecule has 0 atom stereocenters. The van der Waals surface area contributed by atoms with Crippen LogP contribution in [0.2, 0.25) is 0 Å². The lowest BCUT2D eigenvalue weighted by molar-refractivity contribution is 0.426. The molecule has 1 aliphatic carbocycles. The fourth-order valence-corrected chi connectivity index (χ4v) is 2.46. The number of hydrogen-bond donors (Lipinski definition) is 1. The molecule has 2 N–H and O–H groups in total. The molecule has 0 radical (unpaired) electrons. The van der Waals surface area contributed by atoms with Gasteiger partial charge in [0, 0.05) is 12.1 Å². The van der Waals surface area contributed by atoms with Crippen LogP contribution < -0.4 is 5.73 Å². The summed E-state index contributed by atoms with van der Waals surface area (Å²) in [6, 6.07) is 0. The van der Waals surface area contributed by atoms with Gasteiger partial charge in [-0.25, -0.2) is 4.98 Å². The first kappa shape index (κ1) is 9.57. The molecule has 16 heavy (non-hydrogen) atoms. The van der Waals surface area contributed by atoms with Crippen LogP contribution >= 0.6 is 0 Å². The van der Waals surface area contributed by atoms with Crippen LogP contribution in [0.5, 0.6) is 0 Å². The van der Waals surface area contributed by atoms with E-state index in [0.29, 0.717) is 17.4 Å². The Balaban J connectivity index is 2.05. The van der Waals surface area contributed by atoms with E-state index in [0.717, 1.165) is 5.82 Å². The fraction of sp³-hybridized carbons (Fsp3) is 0.545. The van der Waals surface area contributed by atoms with Crippen molar-refractivity contribution in [2.24, 2.45) is 0 Å². The quantitative estimate of drug-likeness (QED) is 0.790. The summed E-state index contributed by atoms with van der Waals surface area (Å²) in [6.45, 7) is 0. The fourth-order valence-electron chi connectivity index (χ4n) is 2.46. The number of nitrogens with two attached hydrogens (primary N) is 1.